The van der Waals surface area contributed by atoms with Gasteiger partial charge in [0.1, 0.15) is 0 Å². The molecule has 2 atom stereocenters. The fourth-order valence-electron chi connectivity index (χ4n) is 3.91. The molecule has 1 aliphatic carbocycles. The summed E-state index contributed by atoms with van der Waals surface area (Å²) in [5, 5.41) is 9.30. The summed E-state index contributed by atoms with van der Waals surface area (Å²) in [6.07, 6.45) is 3.14. The number of nitrogens with one attached hydrogen (secondary N) is 3. The highest BCUT2D eigenvalue weighted by atomic mass is 35.5. The van der Waals surface area contributed by atoms with E-state index >= 15 is 0 Å². The number of hydrogen-bond acceptors (Lipinski definition) is 6. The number of carbonyl (C=O) groups is 3. The molecule has 2 aromatic rings. The minimum absolute atomic E-state index is 0. The summed E-state index contributed by atoms with van der Waals surface area (Å²) in [6.45, 7) is 1.75. The molecule has 4 rings (SSSR count). The maximum Gasteiger partial charge on any atom is 0.313 e. The molecule has 1 fully saturated rings. The third-order valence-corrected chi connectivity index (χ3v) is 6.91. The number of likely N-dealkylation sites (N-methyl/N-ethyl adjacent to an activating group) is 1. The van der Waals surface area contributed by atoms with E-state index in [4.69, 9.17) is 11.6 Å². The lowest BCUT2D eigenvalue weighted by Crippen LogP contribution is -2.51. The summed E-state index contributed by atoms with van der Waals surface area (Å²) in [6, 6.07) is 5.98. The Bertz CT molecular complexity index is 998. The molecule has 0 spiro atoms. The van der Waals surface area contributed by atoms with Crippen LogP contribution in [0.15, 0.2) is 24.3 Å². The van der Waals surface area contributed by atoms with E-state index in [0.29, 0.717) is 22.1 Å². The van der Waals surface area contributed by atoms with Crippen molar-refractivity contribution in [1.29, 1.82) is 0 Å². The number of carbonyl (C=O) groups excluding carboxylic acids is 3. The summed E-state index contributed by atoms with van der Waals surface area (Å²) >= 11 is 7.26. The van der Waals surface area contributed by atoms with Gasteiger partial charge in [-0.05, 0) is 50.6 Å². The Hall–Kier alpha value is -2.20. The maximum absolute atomic E-state index is 12.8. The minimum atomic E-state index is -0.754. The first-order chi connectivity index (χ1) is 14.9. The fraction of sp³-hybridized carbons (Fsp3) is 0.429. The average Bonchev–Trinajstić information content (AvgIpc) is 3.36. The molecule has 172 valence electrons. The van der Waals surface area contributed by atoms with Gasteiger partial charge in [0.15, 0.2) is 5.01 Å². The Morgan fingerprint density at radius 3 is 2.50 bits per heavy atom. The predicted octanol–water partition coefficient (Wildman–Crippen LogP) is 2.61. The average molecular weight is 498 g/mol. The lowest BCUT2D eigenvalue weighted by atomic mass is 10.1. The molecular formula is C21H25Cl2N5O3S. The summed E-state index contributed by atoms with van der Waals surface area (Å²) in [5.74, 6) is -1.70. The molecule has 2 heterocycles. The molecule has 1 saturated carbocycles. The van der Waals surface area contributed by atoms with E-state index in [-0.39, 0.29) is 30.4 Å². The van der Waals surface area contributed by atoms with Crippen molar-refractivity contribution in [2.75, 3.05) is 18.9 Å². The number of thiazole rings is 1. The van der Waals surface area contributed by atoms with Crippen molar-refractivity contribution in [3.63, 3.8) is 0 Å². The van der Waals surface area contributed by atoms with Crippen molar-refractivity contribution in [3.05, 3.63) is 44.9 Å². The third-order valence-electron chi connectivity index (χ3n) is 5.57. The molecule has 3 N–H and O–H groups in total. The second kappa shape index (κ2) is 10.6. The van der Waals surface area contributed by atoms with Crippen LogP contribution < -0.4 is 16.0 Å². The Labute approximate surface area is 201 Å². The van der Waals surface area contributed by atoms with Crippen LogP contribution in [0.5, 0.6) is 0 Å². The van der Waals surface area contributed by atoms with Crippen molar-refractivity contribution in [2.24, 2.45) is 0 Å². The van der Waals surface area contributed by atoms with Gasteiger partial charge >= 0.3 is 11.8 Å². The summed E-state index contributed by atoms with van der Waals surface area (Å²) < 4.78 is 0. The summed E-state index contributed by atoms with van der Waals surface area (Å²) in [7, 11) is 2.05. The van der Waals surface area contributed by atoms with Gasteiger partial charge in [-0.1, -0.05) is 11.6 Å². The van der Waals surface area contributed by atoms with Gasteiger partial charge in [0, 0.05) is 47.2 Å². The highest BCUT2D eigenvalue weighted by Crippen LogP contribution is 2.25. The zero-order chi connectivity index (χ0) is 22.0. The number of aromatic nitrogens is 1. The van der Waals surface area contributed by atoms with Gasteiger partial charge in [-0.25, -0.2) is 4.98 Å². The molecule has 3 amide bonds. The smallest absolute Gasteiger partial charge is 0.313 e. The Morgan fingerprint density at radius 1 is 1.09 bits per heavy atom. The van der Waals surface area contributed by atoms with Gasteiger partial charge in [-0.3, -0.25) is 14.4 Å². The van der Waals surface area contributed by atoms with Crippen LogP contribution in [0.3, 0.4) is 0 Å². The van der Waals surface area contributed by atoms with Crippen LogP contribution in [-0.4, -0.2) is 53.3 Å². The predicted molar refractivity (Wildman–Crippen MR) is 127 cm³/mol. The van der Waals surface area contributed by atoms with E-state index < -0.39 is 11.8 Å². The second-order valence-corrected chi connectivity index (χ2v) is 9.45. The first-order valence-corrected chi connectivity index (χ1v) is 11.4. The first kappa shape index (κ1) is 24.4. The molecule has 1 aromatic heterocycles. The topological polar surface area (TPSA) is 103 Å². The number of amides is 3. The number of anilines is 1. The van der Waals surface area contributed by atoms with E-state index in [1.807, 2.05) is 0 Å². The molecular weight excluding hydrogens is 473 g/mol. The van der Waals surface area contributed by atoms with Crippen molar-refractivity contribution < 1.29 is 14.4 Å². The first-order valence-electron chi connectivity index (χ1n) is 10.2. The SMILES string of the molecule is CN1CCc2nc(C(=O)N[C@@H]3CCC[C@H]3NC(=O)C(=O)Nc3ccc(Cl)cc3)sc2C1.Cl. The summed E-state index contributed by atoms with van der Waals surface area (Å²) in [5.41, 5.74) is 1.49. The molecule has 1 aromatic carbocycles. The monoisotopic (exact) mass is 497 g/mol. The number of rotatable bonds is 4. The van der Waals surface area contributed by atoms with Gasteiger partial charge < -0.3 is 20.9 Å². The van der Waals surface area contributed by atoms with Crippen molar-refractivity contribution in [3.8, 4) is 0 Å². The van der Waals surface area contributed by atoms with Gasteiger partial charge in [-0.15, -0.1) is 23.7 Å². The number of halogens is 2. The van der Waals surface area contributed by atoms with Crippen LogP contribution in [0.25, 0.3) is 0 Å². The van der Waals surface area contributed by atoms with E-state index in [1.165, 1.54) is 11.3 Å². The zero-order valence-corrected chi connectivity index (χ0v) is 19.9. The molecule has 0 unspecified atom stereocenters. The minimum Gasteiger partial charge on any atom is -0.345 e. The standard InChI is InChI=1S/C21H24ClN5O3S.ClH/c1-27-10-9-16-17(11-27)31-21(26-16)20(30)25-15-4-2-3-14(15)24-19(29)18(28)23-13-7-5-12(22)6-8-13;/h5-8,14-15H,2-4,9-11H2,1H3,(H,23,28)(H,24,29)(H,25,30);1H/t14-,15-;/m1./s1. The largest absolute Gasteiger partial charge is 0.345 e. The third kappa shape index (κ3) is 5.78. The van der Waals surface area contributed by atoms with Crippen LogP contribution >= 0.6 is 35.3 Å². The molecule has 1 aliphatic heterocycles. The Kier molecular flexibility index (Phi) is 8.10. The normalized spacial score (nSPS) is 20.1. The Morgan fingerprint density at radius 2 is 1.78 bits per heavy atom. The van der Waals surface area contributed by atoms with Gasteiger partial charge in [0.2, 0.25) is 0 Å². The maximum atomic E-state index is 12.8. The van der Waals surface area contributed by atoms with Crippen LogP contribution in [0.2, 0.25) is 5.02 Å². The second-order valence-electron chi connectivity index (χ2n) is 7.93. The molecule has 8 nitrogen and oxygen atoms in total. The lowest BCUT2D eigenvalue weighted by molar-refractivity contribution is -0.136. The van der Waals surface area contributed by atoms with Crippen LogP contribution in [0.4, 0.5) is 5.69 Å². The van der Waals surface area contributed by atoms with Crippen molar-refractivity contribution in [2.45, 2.75) is 44.3 Å². The van der Waals surface area contributed by atoms with E-state index in [1.54, 1.807) is 24.3 Å². The van der Waals surface area contributed by atoms with Crippen LogP contribution in [0.1, 0.15) is 39.6 Å². The number of nitrogens with zero attached hydrogens (tertiary/aromatic N) is 2. The number of fused-ring (bicyclic) bond motifs is 1. The molecule has 0 bridgehead atoms. The quantitative estimate of drug-likeness (QED) is 0.563. The van der Waals surface area contributed by atoms with E-state index in [9.17, 15) is 14.4 Å². The van der Waals surface area contributed by atoms with E-state index in [0.717, 1.165) is 42.9 Å². The zero-order valence-electron chi connectivity index (χ0n) is 17.5. The number of benzene rings is 1. The Balaban J connectivity index is 0.00000289. The molecule has 2 aliphatic rings. The van der Waals surface area contributed by atoms with Gasteiger partial charge in [-0.2, -0.15) is 0 Å². The number of hydrogen-bond donors (Lipinski definition) is 3. The van der Waals surface area contributed by atoms with E-state index in [2.05, 4.69) is 32.9 Å². The van der Waals surface area contributed by atoms with Crippen molar-refractivity contribution >= 4 is 58.8 Å². The van der Waals surface area contributed by atoms with Gasteiger partial charge in [0.25, 0.3) is 5.91 Å². The van der Waals surface area contributed by atoms with Gasteiger partial charge in [0.05, 0.1) is 5.69 Å². The molecule has 32 heavy (non-hydrogen) atoms. The fourth-order valence-corrected chi connectivity index (χ4v) is 5.13. The molecule has 11 heteroatoms. The van der Waals surface area contributed by atoms with Crippen LogP contribution in [0, 0.1) is 0 Å². The van der Waals surface area contributed by atoms with Crippen molar-refractivity contribution in [1.82, 2.24) is 20.5 Å². The molecule has 0 saturated heterocycles. The summed E-state index contributed by atoms with van der Waals surface area (Å²) in [4.78, 5) is 45.2. The molecule has 0 radical (unpaired) electrons. The van der Waals surface area contributed by atoms with Crippen LogP contribution in [-0.2, 0) is 22.6 Å². The highest BCUT2D eigenvalue weighted by molar-refractivity contribution is 7.13. The highest BCUT2D eigenvalue weighted by Gasteiger charge is 2.32. The lowest BCUT2D eigenvalue weighted by Gasteiger charge is -2.21.